The number of unbranched alkanes of at least 4 members (excludes halogenated alkanes) is 1. The first-order chi connectivity index (χ1) is 6.07. The fourth-order valence-electron chi connectivity index (χ4n) is 0.809. The predicted molar refractivity (Wildman–Crippen MR) is 45.0 cm³/mol. The average molecular weight is 189 g/mol. The molecule has 0 aromatic rings. The van der Waals surface area contributed by atoms with Gasteiger partial charge in [0.1, 0.15) is 0 Å². The summed E-state index contributed by atoms with van der Waals surface area (Å²) in [6.07, 6.45) is 1.76. The standard InChI is InChI=1S/C8H15NO4/c1-9(12)7(10)5-3-4-6-8(11)13-2/h12H,3-6H2,1-2H3. The van der Waals surface area contributed by atoms with E-state index in [4.69, 9.17) is 5.21 Å². The Hall–Kier alpha value is -1.10. The second-order valence-corrected chi connectivity index (χ2v) is 2.70. The van der Waals surface area contributed by atoms with Crippen molar-refractivity contribution in [2.24, 2.45) is 0 Å². The van der Waals surface area contributed by atoms with Crippen LogP contribution in [0.4, 0.5) is 0 Å². The van der Waals surface area contributed by atoms with Crippen LogP contribution in [-0.4, -0.2) is 36.3 Å². The fourth-order valence-corrected chi connectivity index (χ4v) is 0.809. The lowest BCUT2D eigenvalue weighted by Crippen LogP contribution is -2.21. The third-order valence-electron chi connectivity index (χ3n) is 1.61. The van der Waals surface area contributed by atoms with Crippen LogP contribution in [0.2, 0.25) is 0 Å². The fraction of sp³-hybridized carbons (Fsp3) is 0.750. The molecule has 0 bridgehead atoms. The van der Waals surface area contributed by atoms with Gasteiger partial charge in [-0.05, 0) is 12.8 Å². The summed E-state index contributed by atoms with van der Waals surface area (Å²) in [6.45, 7) is 0. The van der Waals surface area contributed by atoms with E-state index in [0.717, 1.165) is 0 Å². The molecule has 0 aliphatic heterocycles. The Balaban J connectivity index is 3.36. The lowest BCUT2D eigenvalue weighted by Gasteiger charge is -2.06. The van der Waals surface area contributed by atoms with E-state index in [0.29, 0.717) is 24.3 Å². The molecule has 5 heteroatoms. The van der Waals surface area contributed by atoms with Gasteiger partial charge in [-0.2, -0.15) is 0 Å². The molecule has 0 saturated heterocycles. The summed E-state index contributed by atoms with van der Waals surface area (Å²) in [5.41, 5.74) is 0. The summed E-state index contributed by atoms with van der Waals surface area (Å²) in [6, 6.07) is 0. The molecule has 0 unspecified atom stereocenters. The summed E-state index contributed by atoms with van der Waals surface area (Å²) >= 11 is 0. The molecular weight excluding hydrogens is 174 g/mol. The third-order valence-corrected chi connectivity index (χ3v) is 1.61. The van der Waals surface area contributed by atoms with E-state index in [9.17, 15) is 9.59 Å². The maximum Gasteiger partial charge on any atom is 0.305 e. The summed E-state index contributed by atoms with van der Waals surface area (Å²) < 4.78 is 4.42. The van der Waals surface area contributed by atoms with Gasteiger partial charge in [-0.1, -0.05) is 0 Å². The largest absolute Gasteiger partial charge is 0.469 e. The number of esters is 1. The maximum absolute atomic E-state index is 10.8. The number of carbonyl (C=O) groups is 2. The molecule has 13 heavy (non-hydrogen) atoms. The number of carbonyl (C=O) groups excluding carboxylic acids is 2. The van der Waals surface area contributed by atoms with Crippen LogP contribution in [0.3, 0.4) is 0 Å². The second kappa shape index (κ2) is 6.42. The van der Waals surface area contributed by atoms with Gasteiger partial charge in [0.25, 0.3) is 0 Å². The molecule has 76 valence electrons. The Bertz CT molecular complexity index is 179. The molecule has 0 radical (unpaired) electrons. The molecule has 1 N–H and O–H groups in total. The molecule has 5 nitrogen and oxygen atoms in total. The SMILES string of the molecule is COC(=O)CCCCC(=O)N(C)O. The Kier molecular flexibility index (Phi) is 5.88. The van der Waals surface area contributed by atoms with Gasteiger partial charge in [0, 0.05) is 19.9 Å². The van der Waals surface area contributed by atoms with Gasteiger partial charge in [-0.3, -0.25) is 14.8 Å². The number of methoxy groups -OCH3 is 1. The number of rotatable bonds is 5. The highest BCUT2D eigenvalue weighted by molar-refractivity contribution is 5.74. The highest BCUT2D eigenvalue weighted by Gasteiger charge is 2.05. The Morgan fingerprint density at radius 1 is 1.31 bits per heavy atom. The molecular formula is C8H15NO4. The molecule has 0 saturated carbocycles. The van der Waals surface area contributed by atoms with E-state index in [1.165, 1.54) is 14.2 Å². The molecule has 0 spiro atoms. The van der Waals surface area contributed by atoms with Crippen molar-refractivity contribution in [1.82, 2.24) is 5.06 Å². The van der Waals surface area contributed by atoms with E-state index < -0.39 is 0 Å². The number of nitrogens with zero attached hydrogens (tertiary/aromatic N) is 1. The van der Waals surface area contributed by atoms with Crippen molar-refractivity contribution < 1.29 is 19.5 Å². The minimum Gasteiger partial charge on any atom is -0.469 e. The van der Waals surface area contributed by atoms with Gasteiger partial charge in [-0.15, -0.1) is 0 Å². The number of hydrogen-bond acceptors (Lipinski definition) is 4. The van der Waals surface area contributed by atoms with Crippen LogP contribution in [-0.2, 0) is 14.3 Å². The highest BCUT2D eigenvalue weighted by Crippen LogP contribution is 2.02. The van der Waals surface area contributed by atoms with Gasteiger partial charge in [0.2, 0.25) is 5.91 Å². The minimum atomic E-state index is -0.343. The summed E-state index contributed by atoms with van der Waals surface area (Å²) in [5.74, 6) is -0.616. The third kappa shape index (κ3) is 6.10. The smallest absolute Gasteiger partial charge is 0.305 e. The molecule has 1 amide bonds. The van der Waals surface area contributed by atoms with Gasteiger partial charge < -0.3 is 4.74 Å². The van der Waals surface area contributed by atoms with E-state index in [-0.39, 0.29) is 18.3 Å². The second-order valence-electron chi connectivity index (χ2n) is 2.70. The predicted octanol–water partition coefficient (Wildman–Crippen LogP) is 0.567. The van der Waals surface area contributed by atoms with Crippen LogP contribution < -0.4 is 0 Å². The van der Waals surface area contributed by atoms with E-state index in [1.807, 2.05) is 0 Å². The molecule has 0 aliphatic carbocycles. The van der Waals surface area contributed by atoms with Crippen LogP contribution in [0.25, 0.3) is 0 Å². The lowest BCUT2D eigenvalue weighted by molar-refractivity contribution is -0.159. The molecule has 0 aromatic carbocycles. The van der Waals surface area contributed by atoms with Crippen molar-refractivity contribution in [3.8, 4) is 0 Å². The van der Waals surface area contributed by atoms with Crippen LogP contribution in [0.1, 0.15) is 25.7 Å². The van der Waals surface area contributed by atoms with Crippen molar-refractivity contribution >= 4 is 11.9 Å². The summed E-state index contributed by atoms with van der Waals surface area (Å²) in [4.78, 5) is 21.4. The molecule has 0 aromatic heterocycles. The highest BCUT2D eigenvalue weighted by atomic mass is 16.5. The van der Waals surface area contributed by atoms with Crippen molar-refractivity contribution in [3.05, 3.63) is 0 Å². The molecule has 0 heterocycles. The van der Waals surface area contributed by atoms with E-state index in [2.05, 4.69) is 4.74 Å². The average Bonchev–Trinajstić information content (AvgIpc) is 2.11. The van der Waals surface area contributed by atoms with Gasteiger partial charge >= 0.3 is 5.97 Å². The zero-order valence-corrected chi connectivity index (χ0v) is 7.95. The monoisotopic (exact) mass is 189 g/mol. The molecule has 0 fully saturated rings. The summed E-state index contributed by atoms with van der Waals surface area (Å²) in [7, 11) is 2.61. The number of ether oxygens (including phenoxy) is 1. The zero-order valence-electron chi connectivity index (χ0n) is 7.95. The zero-order chi connectivity index (χ0) is 10.3. The van der Waals surface area contributed by atoms with E-state index in [1.54, 1.807) is 0 Å². The van der Waals surface area contributed by atoms with Gasteiger partial charge in [0.05, 0.1) is 7.11 Å². The van der Waals surface area contributed by atoms with Gasteiger partial charge in [-0.25, -0.2) is 5.06 Å². The van der Waals surface area contributed by atoms with Gasteiger partial charge in [0.15, 0.2) is 0 Å². The van der Waals surface area contributed by atoms with Crippen molar-refractivity contribution in [3.63, 3.8) is 0 Å². The number of amides is 1. The first-order valence-electron chi connectivity index (χ1n) is 4.10. The van der Waals surface area contributed by atoms with Crippen molar-refractivity contribution in [1.29, 1.82) is 0 Å². The topological polar surface area (TPSA) is 66.8 Å². The Morgan fingerprint density at radius 3 is 2.31 bits per heavy atom. The minimum absolute atomic E-state index is 0.254. The lowest BCUT2D eigenvalue weighted by atomic mass is 10.2. The Labute approximate surface area is 77.2 Å². The first-order valence-corrected chi connectivity index (χ1v) is 4.10. The number of hydroxylamine groups is 2. The first kappa shape index (κ1) is 11.9. The van der Waals surface area contributed by atoms with Crippen LogP contribution in [0.15, 0.2) is 0 Å². The molecule has 0 atom stereocenters. The van der Waals surface area contributed by atoms with Crippen LogP contribution in [0.5, 0.6) is 0 Å². The number of hydrogen-bond donors (Lipinski definition) is 1. The summed E-state index contributed by atoms with van der Waals surface area (Å²) in [5, 5.41) is 9.22. The van der Waals surface area contributed by atoms with Crippen molar-refractivity contribution in [2.45, 2.75) is 25.7 Å². The van der Waals surface area contributed by atoms with Crippen LogP contribution in [0, 0.1) is 0 Å². The maximum atomic E-state index is 10.8. The van der Waals surface area contributed by atoms with Crippen molar-refractivity contribution in [2.75, 3.05) is 14.2 Å². The molecule has 0 aliphatic rings. The molecule has 0 rings (SSSR count). The van der Waals surface area contributed by atoms with Crippen LogP contribution >= 0.6 is 0 Å². The van der Waals surface area contributed by atoms with E-state index >= 15 is 0 Å². The Morgan fingerprint density at radius 2 is 1.85 bits per heavy atom. The normalized spacial score (nSPS) is 9.46. The quantitative estimate of drug-likeness (QED) is 0.297.